The molecule has 1 unspecified atom stereocenters. The largest absolute Gasteiger partial charge is 0.444 e. The summed E-state index contributed by atoms with van der Waals surface area (Å²) in [6, 6.07) is 6.58. The second-order valence-electron chi connectivity index (χ2n) is 6.83. The molecule has 1 aliphatic rings. The maximum atomic E-state index is 12.1. The van der Waals surface area contributed by atoms with Crippen LogP contribution in [0.25, 0.3) is 0 Å². The van der Waals surface area contributed by atoms with Crippen molar-refractivity contribution in [3.05, 3.63) is 34.9 Å². The average molecular weight is 354 g/mol. The number of hydrogen-bond acceptors (Lipinski definition) is 4. The number of piperazine rings is 1. The zero-order chi connectivity index (χ0) is 17.9. The number of primary amides is 1. The van der Waals surface area contributed by atoms with Gasteiger partial charge in [0.15, 0.2) is 0 Å². The van der Waals surface area contributed by atoms with Crippen LogP contribution in [0.3, 0.4) is 0 Å². The number of hydrogen-bond donors (Lipinski definition) is 1. The van der Waals surface area contributed by atoms with Gasteiger partial charge in [-0.2, -0.15) is 0 Å². The molecule has 0 saturated carbocycles. The fourth-order valence-corrected chi connectivity index (χ4v) is 2.96. The lowest BCUT2D eigenvalue weighted by Gasteiger charge is -2.38. The van der Waals surface area contributed by atoms with Gasteiger partial charge in [-0.25, -0.2) is 4.79 Å². The second kappa shape index (κ2) is 7.40. The van der Waals surface area contributed by atoms with E-state index in [9.17, 15) is 9.59 Å². The third-order valence-corrected chi connectivity index (χ3v) is 4.14. The molecule has 0 spiro atoms. The first-order valence-electron chi connectivity index (χ1n) is 7.95. The van der Waals surface area contributed by atoms with E-state index in [0.29, 0.717) is 36.8 Å². The highest BCUT2D eigenvalue weighted by molar-refractivity contribution is 6.31. The number of benzene rings is 1. The van der Waals surface area contributed by atoms with Crippen LogP contribution in [0.4, 0.5) is 4.79 Å². The molecule has 0 aliphatic carbocycles. The van der Waals surface area contributed by atoms with Gasteiger partial charge in [-0.1, -0.05) is 29.8 Å². The van der Waals surface area contributed by atoms with Gasteiger partial charge in [0.2, 0.25) is 5.91 Å². The van der Waals surface area contributed by atoms with E-state index >= 15 is 0 Å². The van der Waals surface area contributed by atoms with E-state index in [1.54, 1.807) is 17.0 Å². The molecule has 2 rings (SSSR count). The van der Waals surface area contributed by atoms with Crippen molar-refractivity contribution in [1.29, 1.82) is 0 Å². The molecular weight excluding hydrogens is 330 g/mol. The Balaban J connectivity index is 2.05. The van der Waals surface area contributed by atoms with Crippen molar-refractivity contribution in [1.82, 2.24) is 9.80 Å². The zero-order valence-corrected chi connectivity index (χ0v) is 15.0. The fraction of sp³-hybridized carbons (Fsp3) is 0.529. The Bertz CT molecular complexity index is 607. The summed E-state index contributed by atoms with van der Waals surface area (Å²) in [5.74, 6) is -0.450. The van der Waals surface area contributed by atoms with Crippen LogP contribution in [0.15, 0.2) is 24.3 Å². The minimum absolute atomic E-state index is 0.337. The molecule has 2 amide bonds. The SMILES string of the molecule is CC(C)(C)OC(=O)N1CCN(C(C(N)=O)c2ccccc2Cl)CC1. The summed E-state index contributed by atoms with van der Waals surface area (Å²) in [6.07, 6.45) is -0.337. The molecule has 1 fully saturated rings. The van der Waals surface area contributed by atoms with Gasteiger partial charge in [0.25, 0.3) is 0 Å². The van der Waals surface area contributed by atoms with Crippen LogP contribution in [0.1, 0.15) is 32.4 Å². The molecule has 132 valence electrons. The van der Waals surface area contributed by atoms with Crippen molar-refractivity contribution in [3.63, 3.8) is 0 Å². The predicted octanol–water partition coefficient (Wildman–Crippen LogP) is 2.42. The third kappa shape index (κ3) is 4.61. The van der Waals surface area contributed by atoms with Crippen molar-refractivity contribution in [3.8, 4) is 0 Å². The number of amides is 2. The molecule has 1 heterocycles. The summed E-state index contributed by atoms with van der Waals surface area (Å²) in [4.78, 5) is 27.7. The molecule has 1 aromatic rings. The molecular formula is C17H24ClN3O3. The van der Waals surface area contributed by atoms with Crippen LogP contribution >= 0.6 is 11.6 Å². The van der Waals surface area contributed by atoms with Crippen molar-refractivity contribution >= 4 is 23.6 Å². The first-order valence-corrected chi connectivity index (χ1v) is 8.32. The monoisotopic (exact) mass is 353 g/mol. The molecule has 0 radical (unpaired) electrons. The van der Waals surface area contributed by atoms with E-state index in [4.69, 9.17) is 22.1 Å². The van der Waals surface area contributed by atoms with Gasteiger partial charge in [0.05, 0.1) is 0 Å². The minimum atomic E-state index is -0.598. The Morgan fingerprint density at radius 2 is 1.75 bits per heavy atom. The Kier molecular flexibility index (Phi) is 5.72. The standard InChI is InChI=1S/C17H24ClN3O3/c1-17(2,3)24-16(23)21-10-8-20(9-11-21)14(15(19)22)12-6-4-5-7-13(12)18/h4-7,14H,8-11H2,1-3H3,(H2,19,22). The van der Waals surface area contributed by atoms with Gasteiger partial charge in [0.1, 0.15) is 11.6 Å². The van der Waals surface area contributed by atoms with Gasteiger partial charge in [-0.05, 0) is 32.4 Å². The van der Waals surface area contributed by atoms with Crippen molar-refractivity contribution in [2.75, 3.05) is 26.2 Å². The lowest BCUT2D eigenvalue weighted by molar-refractivity contribution is -0.124. The lowest BCUT2D eigenvalue weighted by Crippen LogP contribution is -2.52. The lowest BCUT2D eigenvalue weighted by atomic mass is 10.0. The minimum Gasteiger partial charge on any atom is -0.444 e. The summed E-state index contributed by atoms with van der Waals surface area (Å²) in [6.45, 7) is 7.51. The van der Waals surface area contributed by atoms with E-state index in [0.717, 1.165) is 0 Å². The van der Waals surface area contributed by atoms with Crippen LogP contribution in [-0.4, -0.2) is 53.6 Å². The number of ether oxygens (including phenoxy) is 1. The van der Waals surface area contributed by atoms with E-state index in [1.165, 1.54) is 0 Å². The Hall–Kier alpha value is -1.79. The number of nitrogens with two attached hydrogens (primary N) is 1. The molecule has 2 N–H and O–H groups in total. The molecule has 24 heavy (non-hydrogen) atoms. The van der Waals surface area contributed by atoms with Gasteiger partial charge >= 0.3 is 6.09 Å². The maximum Gasteiger partial charge on any atom is 0.410 e. The summed E-state index contributed by atoms with van der Waals surface area (Å²) in [7, 11) is 0. The Morgan fingerprint density at radius 1 is 1.17 bits per heavy atom. The maximum absolute atomic E-state index is 12.1. The van der Waals surface area contributed by atoms with Crippen LogP contribution in [0, 0.1) is 0 Å². The van der Waals surface area contributed by atoms with E-state index < -0.39 is 17.6 Å². The quantitative estimate of drug-likeness (QED) is 0.905. The highest BCUT2D eigenvalue weighted by Crippen LogP contribution is 2.28. The first kappa shape index (κ1) is 18.5. The predicted molar refractivity (Wildman–Crippen MR) is 92.8 cm³/mol. The summed E-state index contributed by atoms with van der Waals surface area (Å²) >= 11 is 6.22. The number of rotatable bonds is 3. The Labute approximate surface area is 147 Å². The van der Waals surface area contributed by atoms with Gasteiger partial charge in [0, 0.05) is 31.2 Å². The molecule has 7 heteroatoms. The number of carbonyl (C=O) groups is 2. The molecule has 6 nitrogen and oxygen atoms in total. The topological polar surface area (TPSA) is 75.9 Å². The number of nitrogens with zero attached hydrogens (tertiary/aromatic N) is 2. The molecule has 1 saturated heterocycles. The third-order valence-electron chi connectivity index (χ3n) is 3.80. The first-order chi connectivity index (χ1) is 11.2. The van der Waals surface area contributed by atoms with E-state index in [2.05, 4.69) is 0 Å². The number of halogens is 1. The summed E-state index contributed by atoms with van der Waals surface area (Å²) < 4.78 is 5.38. The van der Waals surface area contributed by atoms with Crippen molar-refractivity contribution in [2.45, 2.75) is 32.4 Å². The second-order valence-corrected chi connectivity index (χ2v) is 7.24. The molecule has 0 bridgehead atoms. The van der Waals surface area contributed by atoms with Crippen LogP contribution in [0.5, 0.6) is 0 Å². The van der Waals surface area contributed by atoms with Crippen LogP contribution < -0.4 is 5.73 Å². The van der Waals surface area contributed by atoms with Gasteiger partial charge in [-0.15, -0.1) is 0 Å². The zero-order valence-electron chi connectivity index (χ0n) is 14.3. The average Bonchev–Trinajstić information content (AvgIpc) is 2.48. The van der Waals surface area contributed by atoms with Crippen molar-refractivity contribution in [2.24, 2.45) is 5.73 Å². The van der Waals surface area contributed by atoms with Crippen molar-refractivity contribution < 1.29 is 14.3 Å². The fourth-order valence-electron chi connectivity index (χ4n) is 2.72. The highest BCUT2D eigenvalue weighted by atomic mass is 35.5. The van der Waals surface area contributed by atoms with Crippen LogP contribution in [-0.2, 0) is 9.53 Å². The van der Waals surface area contributed by atoms with Gasteiger partial charge in [-0.3, -0.25) is 9.69 Å². The highest BCUT2D eigenvalue weighted by Gasteiger charge is 2.32. The molecule has 1 atom stereocenters. The molecule has 0 aromatic heterocycles. The van der Waals surface area contributed by atoms with E-state index in [1.807, 2.05) is 37.8 Å². The molecule has 1 aromatic carbocycles. The summed E-state index contributed by atoms with van der Waals surface area (Å²) in [5.41, 5.74) is 5.77. The Morgan fingerprint density at radius 3 is 2.25 bits per heavy atom. The normalized spacial score (nSPS) is 17.4. The number of carbonyl (C=O) groups excluding carboxylic acids is 2. The van der Waals surface area contributed by atoms with E-state index in [-0.39, 0.29) is 6.09 Å². The summed E-state index contributed by atoms with van der Waals surface area (Å²) in [5, 5.41) is 0.510. The van der Waals surface area contributed by atoms with Gasteiger partial charge < -0.3 is 15.4 Å². The molecule has 1 aliphatic heterocycles. The smallest absolute Gasteiger partial charge is 0.410 e. The van der Waals surface area contributed by atoms with Crippen LogP contribution in [0.2, 0.25) is 5.02 Å².